The van der Waals surface area contributed by atoms with Gasteiger partial charge < -0.3 is 14.9 Å². The summed E-state index contributed by atoms with van der Waals surface area (Å²) < 4.78 is 37.3. The molecule has 4 atom stereocenters. The molecule has 9 nitrogen and oxygen atoms in total. The molecular formula is C24H23ClF2N6O3. The number of hydrogen-bond acceptors (Lipinski definition) is 7. The van der Waals surface area contributed by atoms with Crippen LogP contribution in [0.5, 0.6) is 0 Å². The van der Waals surface area contributed by atoms with Gasteiger partial charge in [0.15, 0.2) is 5.82 Å². The lowest BCUT2D eigenvalue weighted by Gasteiger charge is -2.38. The van der Waals surface area contributed by atoms with Crippen LogP contribution in [-0.4, -0.2) is 58.8 Å². The zero-order valence-corrected chi connectivity index (χ0v) is 20.1. The molecule has 2 N–H and O–H groups in total. The molecule has 3 heterocycles. The van der Waals surface area contributed by atoms with Gasteiger partial charge >= 0.3 is 0 Å². The third kappa shape index (κ3) is 4.28. The first-order valence-electron chi connectivity index (χ1n) is 11.3. The molecule has 1 saturated heterocycles. The number of rotatable bonds is 5. The summed E-state index contributed by atoms with van der Waals surface area (Å²) in [6.45, 7) is 3.36. The monoisotopic (exact) mass is 516 g/mol. The molecule has 36 heavy (non-hydrogen) atoms. The van der Waals surface area contributed by atoms with E-state index in [9.17, 15) is 19.0 Å². The van der Waals surface area contributed by atoms with Gasteiger partial charge in [0.2, 0.25) is 0 Å². The summed E-state index contributed by atoms with van der Waals surface area (Å²) in [5, 5.41) is 37.0. The Morgan fingerprint density at radius 3 is 2.53 bits per heavy atom. The lowest BCUT2D eigenvalue weighted by Crippen LogP contribution is -2.45. The van der Waals surface area contributed by atoms with Crippen LogP contribution in [0.4, 0.5) is 8.78 Å². The fourth-order valence-electron chi connectivity index (χ4n) is 4.51. The lowest BCUT2D eigenvalue weighted by molar-refractivity contribution is -0.161. The molecule has 1 aliphatic rings. The minimum absolute atomic E-state index is 0.146. The van der Waals surface area contributed by atoms with Gasteiger partial charge in [0, 0.05) is 12.0 Å². The van der Waals surface area contributed by atoms with Crippen LogP contribution in [-0.2, 0) is 4.74 Å². The molecule has 188 valence electrons. The van der Waals surface area contributed by atoms with E-state index in [-0.39, 0.29) is 17.7 Å². The zero-order chi connectivity index (χ0) is 25.6. The fraction of sp³-hybridized carbons (Fsp3) is 0.333. The van der Waals surface area contributed by atoms with Crippen molar-refractivity contribution in [2.45, 2.75) is 44.6 Å². The zero-order valence-electron chi connectivity index (χ0n) is 19.4. The second-order valence-electron chi connectivity index (χ2n) is 8.70. The Balaban J connectivity index is 1.50. The molecule has 1 fully saturated rings. The van der Waals surface area contributed by atoms with E-state index in [1.807, 2.05) is 42.7 Å². The van der Waals surface area contributed by atoms with Crippen molar-refractivity contribution in [2.24, 2.45) is 0 Å². The van der Waals surface area contributed by atoms with Crippen molar-refractivity contribution < 1.29 is 23.7 Å². The highest BCUT2D eigenvalue weighted by molar-refractivity contribution is 6.30. The molecule has 4 aromatic rings. The summed E-state index contributed by atoms with van der Waals surface area (Å²) in [6, 6.07) is 9.22. The molecule has 5 rings (SSSR count). The van der Waals surface area contributed by atoms with Gasteiger partial charge in [-0.1, -0.05) is 35.0 Å². The van der Waals surface area contributed by atoms with Crippen molar-refractivity contribution in [3.05, 3.63) is 76.5 Å². The maximum absolute atomic E-state index is 14.0. The molecule has 0 saturated carbocycles. The average Bonchev–Trinajstić information content (AvgIpc) is 3.50. The van der Waals surface area contributed by atoms with Crippen molar-refractivity contribution in [1.82, 2.24) is 29.8 Å². The highest BCUT2D eigenvalue weighted by atomic mass is 35.5. The Labute approximate surface area is 209 Å². The number of hydrogen-bond donors (Lipinski definition) is 2. The molecule has 1 aliphatic heterocycles. The van der Waals surface area contributed by atoms with Gasteiger partial charge in [0.1, 0.15) is 46.5 Å². The highest BCUT2D eigenvalue weighted by Gasteiger charge is 2.41. The number of aromatic nitrogens is 6. The van der Waals surface area contributed by atoms with E-state index in [0.717, 1.165) is 23.4 Å². The van der Waals surface area contributed by atoms with E-state index >= 15 is 0 Å². The van der Waals surface area contributed by atoms with E-state index in [1.165, 1.54) is 10.9 Å². The summed E-state index contributed by atoms with van der Waals surface area (Å²) in [4.78, 5) is 0. The Morgan fingerprint density at radius 2 is 1.83 bits per heavy atom. The average molecular weight is 517 g/mol. The SMILES string of the molecule is Cc1ccccc1-n1c(C)nnc1C1CC(n2cc(-c3cc(F)c(Cl)c(F)c3)nn2)C(O)C(CO)O1. The largest absolute Gasteiger partial charge is 0.394 e. The quantitative estimate of drug-likeness (QED) is 0.390. The van der Waals surface area contributed by atoms with Crippen LogP contribution >= 0.6 is 11.6 Å². The molecule has 4 unspecified atom stereocenters. The maximum atomic E-state index is 14.0. The van der Waals surface area contributed by atoms with Crippen molar-refractivity contribution in [3.8, 4) is 16.9 Å². The van der Waals surface area contributed by atoms with E-state index in [4.69, 9.17) is 16.3 Å². The molecule has 0 aliphatic carbocycles. The first-order valence-corrected chi connectivity index (χ1v) is 11.6. The van der Waals surface area contributed by atoms with Crippen molar-refractivity contribution in [1.29, 1.82) is 0 Å². The predicted molar refractivity (Wildman–Crippen MR) is 126 cm³/mol. The van der Waals surface area contributed by atoms with Gasteiger partial charge in [-0.25, -0.2) is 13.5 Å². The normalized spacial score (nSPS) is 22.2. The number of benzene rings is 2. The van der Waals surface area contributed by atoms with Crippen LogP contribution in [0.1, 0.15) is 35.8 Å². The number of halogens is 3. The van der Waals surface area contributed by atoms with Gasteiger partial charge in [-0.2, -0.15) is 0 Å². The second kappa shape index (κ2) is 9.66. The number of aliphatic hydroxyl groups excluding tert-OH is 2. The van der Waals surface area contributed by atoms with Crippen LogP contribution in [0.3, 0.4) is 0 Å². The van der Waals surface area contributed by atoms with Gasteiger partial charge in [-0.05, 0) is 37.6 Å². The van der Waals surface area contributed by atoms with E-state index in [1.54, 1.807) is 0 Å². The summed E-state index contributed by atoms with van der Waals surface area (Å²) in [5.41, 5.74) is 2.24. The van der Waals surface area contributed by atoms with Crippen molar-refractivity contribution in [3.63, 3.8) is 0 Å². The summed E-state index contributed by atoms with van der Waals surface area (Å²) in [5.74, 6) is -0.669. The van der Waals surface area contributed by atoms with Crippen molar-refractivity contribution in [2.75, 3.05) is 6.61 Å². The smallest absolute Gasteiger partial charge is 0.166 e. The molecular weight excluding hydrogens is 494 g/mol. The van der Waals surface area contributed by atoms with Gasteiger partial charge in [-0.3, -0.25) is 4.57 Å². The number of para-hydroxylation sites is 1. The van der Waals surface area contributed by atoms with E-state index in [0.29, 0.717) is 11.6 Å². The molecule has 2 aromatic carbocycles. The van der Waals surface area contributed by atoms with Crippen LogP contribution in [0.25, 0.3) is 16.9 Å². The standard InChI is InChI=1S/C24H23ClF2N6O3/c1-12-5-3-4-6-18(12)33-13(2)28-30-24(33)20-9-19(23(35)21(11-34)36-20)32-10-17(29-31-32)14-7-15(26)22(25)16(27)8-14/h3-8,10,19-21,23,34-35H,9,11H2,1-2H3. The van der Waals surface area contributed by atoms with E-state index in [2.05, 4.69) is 20.5 Å². The molecule has 0 amide bonds. The topological polar surface area (TPSA) is 111 Å². The minimum Gasteiger partial charge on any atom is -0.394 e. The maximum Gasteiger partial charge on any atom is 0.166 e. The molecule has 0 bridgehead atoms. The number of aliphatic hydroxyl groups is 2. The Morgan fingerprint density at radius 1 is 1.11 bits per heavy atom. The number of aryl methyl sites for hydroxylation is 2. The van der Waals surface area contributed by atoms with Crippen LogP contribution in [0.2, 0.25) is 5.02 Å². The molecule has 0 radical (unpaired) electrons. The summed E-state index contributed by atoms with van der Waals surface area (Å²) in [7, 11) is 0. The minimum atomic E-state index is -1.13. The lowest BCUT2D eigenvalue weighted by atomic mass is 9.95. The first kappa shape index (κ1) is 24.4. The third-order valence-electron chi connectivity index (χ3n) is 6.37. The van der Waals surface area contributed by atoms with Crippen molar-refractivity contribution >= 4 is 11.6 Å². The van der Waals surface area contributed by atoms with Crippen LogP contribution in [0, 0.1) is 25.5 Å². The highest BCUT2D eigenvalue weighted by Crippen LogP contribution is 2.38. The Kier molecular flexibility index (Phi) is 6.56. The second-order valence-corrected chi connectivity index (χ2v) is 9.08. The third-order valence-corrected chi connectivity index (χ3v) is 6.73. The van der Waals surface area contributed by atoms with Crippen LogP contribution < -0.4 is 0 Å². The molecule has 2 aromatic heterocycles. The van der Waals surface area contributed by atoms with Gasteiger partial charge in [0.25, 0.3) is 0 Å². The molecule has 0 spiro atoms. The summed E-state index contributed by atoms with van der Waals surface area (Å²) >= 11 is 5.58. The Hall–Kier alpha value is -3.25. The van der Waals surface area contributed by atoms with Gasteiger partial charge in [0.05, 0.1) is 24.5 Å². The first-order chi connectivity index (χ1) is 17.3. The number of ether oxygens (including phenoxy) is 1. The molecule has 12 heteroatoms. The summed E-state index contributed by atoms with van der Waals surface area (Å²) in [6.07, 6.45) is -1.00. The van der Waals surface area contributed by atoms with Gasteiger partial charge in [-0.15, -0.1) is 15.3 Å². The Bertz CT molecular complexity index is 1390. The van der Waals surface area contributed by atoms with Crippen LogP contribution in [0.15, 0.2) is 42.6 Å². The number of nitrogens with zero attached hydrogens (tertiary/aromatic N) is 6. The fourth-order valence-corrected chi connectivity index (χ4v) is 4.62. The predicted octanol–water partition coefficient (Wildman–Crippen LogP) is 3.50. The van der Waals surface area contributed by atoms with E-state index < -0.39 is 47.6 Å².